The molecule has 0 aromatic heterocycles. The fraction of sp³-hybridized carbons (Fsp3) is 0.273. The average Bonchev–Trinajstić information content (AvgIpc) is 2.50. The second-order valence-corrected chi connectivity index (χ2v) is 3.98. The maximum Gasteiger partial charge on any atom is 0.321 e. The summed E-state index contributed by atoms with van der Waals surface area (Å²) in [6, 6.07) is 5.39. The predicted octanol–water partition coefficient (Wildman–Crippen LogP) is 2.21. The maximum absolute atomic E-state index is 11.3. The Morgan fingerprint density at radius 2 is 2.13 bits per heavy atom. The summed E-state index contributed by atoms with van der Waals surface area (Å²) in [6.45, 7) is 1.90. The lowest BCUT2D eigenvalue weighted by atomic mass is 9.96. The van der Waals surface area contributed by atoms with Crippen LogP contribution in [0.15, 0.2) is 18.2 Å². The third-order valence-corrected chi connectivity index (χ3v) is 2.74. The van der Waals surface area contributed by atoms with Gasteiger partial charge in [0.1, 0.15) is 0 Å². The third kappa shape index (κ3) is 1.88. The molecule has 1 atom stereocenters. The molecule has 0 bridgehead atoms. The van der Waals surface area contributed by atoms with Crippen LogP contribution in [0.2, 0.25) is 5.02 Å². The Kier molecular flexibility index (Phi) is 2.49. The highest BCUT2D eigenvalue weighted by molar-refractivity contribution is 6.31. The van der Waals surface area contributed by atoms with Crippen LogP contribution in [-0.2, 0) is 14.3 Å². The number of carbonyl (C=O) groups is 2. The molecule has 0 N–H and O–H groups in total. The second kappa shape index (κ2) is 3.66. The van der Waals surface area contributed by atoms with Gasteiger partial charge in [-0.15, -0.1) is 0 Å². The molecular formula is C11H9ClO3. The van der Waals surface area contributed by atoms with E-state index in [0.717, 1.165) is 5.56 Å². The lowest BCUT2D eigenvalue weighted by Gasteiger charge is -2.08. The van der Waals surface area contributed by atoms with Gasteiger partial charge < -0.3 is 4.74 Å². The summed E-state index contributed by atoms with van der Waals surface area (Å²) in [4.78, 5) is 22.3. The molecule has 4 heteroatoms. The minimum absolute atomic E-state index is 0.0853. The van der Waals surface area contributed by atoms with Crippen LogP contribution in [0, 0.1) is 6.92 Å². The number of rotatable bonds is 1. The standard InChI is InChI=1S/C11H9ClO3/c1-6-2-3-9(12)7(4-6)8-5-10(13)15-11(8)14/h2-4,8H,5H2,1H3. The Balaban J connectivity index is 2.41. The van der Waals surface area contributed by atoms with Crippen molar-refractivity contribution in [2.24, 2.45) is 0 Å². The van der Waals surface area contributed by atoms with E-state index in [1.807, 2.05) is 19.1 Å². The second-order valence-electron chi connectivity index (χ2n) is 3.57. The summed E-state index contributed by atoms with van der Waals surface area (Å²) in [5.74, 6) is -1.53. The van der Waals surface area contributed by atoms with Gasteiger partial charge in [0.25, 0.3) is 0 Å². The van der Waals surface area contributed by atoms with Crippen LogP contribution in [0.4, 0.5) is 0 Å². The van der Waals surface area contributed by atoms with E-state index in [2.05, 4.69) is 4.74 Å². The largest absolute Gasteiger partial charge is 0.393 e. The molecule has 0 spiro atoms. The summed E-state index contributed by atoms with van der Waals surface area (Å²) in [7, 11) is 0. The number of benzene rings is 1. The number of cyclic esters (lactones) is 2. The van der Waals surface area contributed by atoms with Crippen molar-refractivity contribution >= 4 is 23.5 Å². The smallest absolute Gasteiger partial charge is 0.321 e. The van der Waals surface area contributed by atoms with Gasteiger partial charge in [0, 0.05) is 5.02 Å². The fourth-order valence-electron chi connectivity index (χ4n) is 1.64. The van der Waals surface area contributed by atoms with Crippen molar-refractivity contribution < 1.29 is 14.3 Å². The first-order chi connectivity index (χ1) is 7.08. The Bertz CT molecular complexity index is 439. The van der Waals surface area contributed by atoms with Crippen molar-refractivity contribution in [3.63, 3.8) is 0 Å². The molecule has 1 saturated heterocycles. The average molecular weight is 225 g/mol. The first kappa shape index (κ1) is 10.2. The summed E-state index contributed by atoms with van der Waals surface area (Å²) >= 11 is 5.97. The van der Waals surface area contributed by atoms with E-state index in [-0.39, 0.29) is 6.42 Å². The van der Waals surface area contributed by atoms with Crippen LogP contribution in [0.3, 0.4) is 0 Å². The summed E-state index contributed by atoms with van der Waals surface area (Å²) in [5, 5.41) is 0.497. The van der Waals surface area contributed by atoms with Gasteiger partial charge in [-0.05, 0) is 18.6 Å². The van der Waals surface area contributed by atoms with Gasteiger partial charge in [-0.25, -0.2) is 0 Å². The number of hydrogen-bond donors (Lipinski definition) is 0. The number of hydrogen-bond acceptors (Lipinski definition) is 3. The van der Waals surface area contributed by atoms with E-state index in [4.69, 9.17) is 11.6 Å². The fourth-order valence-corrected chi connectivity index (χ4v) is 1.89. The zero-order chi connectivity index (χ0) is 11.0. The first-order valence-corrected chi connectivity index (χ1v) is 4.96. The van der Waals surface area contributed by atoms with Crippen LogP contribution >= 0.6 is 11.6 Å². The minimum atomic E-state index is -0.537. The Morgan fingerprint density at radius 3 is 2.73 bits per heavy atom. The molecule has 1 aliphatic heterocycles. The molecule has 0 amide bonds. The van der Waals surface area contributed by atoms with E-state index in [9.17, 15) is 9.59 Å². The Hall–Kier alpha value is -1.35. The van der Waals surface area contributed by atoms with Gasteiger partial charge in [0.05, 0.1) is 12.3 Å². The van der Waals surface area contributed by atoms with Crippen molar-refractivity contribution in [1.82, 2.24) is 0 Å². The number of carbonyl (C=O) groups excluding carboxylic acids is 2. The highest BCUT2D eigenvalue weighted by Crippen LogP contribution is 2.32. The number of halogens is 1. The van der Waals surface area contributed by atoms with Gasteiger partial charge in [0.2, 0.25) is 0 Å². The molecule has 1 aromatic rings. The molecule has 78 valence electrons. The SMILES string of the molecule is Cc1ccc(Cl)c(C2CC(=O)OC2=O)c1. The molecule has 1 heterocycles. The quantitative estimate of drug-likeness (QED) is 0.543. The molecule has 1 aliphatic rings. The minimum Gasteiger partial charge on any atom is -0.393 e. The number of esters is 2. The summed E-state index contributed by atoms with van der Waals surface area (Å²) < 4.78 is 4.49. The zero-order valence-corrected chi connectivity index (χ0v) is 8.88. The van der Waals surface area contributed by atoms with Crippen molar-refractivity contribution in [2.45, 2.75) is 19.3 Å². The molecule has 0 saturated carbocycles. The van der Waals surface area contributed by atoms with Crippen LogP contribution in [0.5, 0.6) is 0 Å². The topological polar surface area (TPSA) is 43.4 Å². The molecule has 0 aliphatic carbocycles. The highest BCUT2D eigenvalue weighted by Gasteiger charge is 2.35. The predicted molar refractivity (Wildman–Crippen MR) is 54.6 cm³/mol. The van der Waals surface area contributed by atoms with Crippen molar-refractivity contribution in [3.8, 4) is 0 Å². The zero-order valence-electron chi connectivity index (χ0n) is 8.12. The first-order valence-electron chi connectivity index (χ1n) is 4.58. The van der Waals surface area contributed by atoms with E-state index in [1.165, 1.54) is 0 Å². The monoisotopic (exact) mass is 224 g/mol. The number of ether oxygens (including phenoxy) is 1. The molecule has 3 nitrogen and oxygen atoms in total. The molecule has 0 radical (unpaired) electrons. The van der Waals surface area contributed by atoms with Gasteiger partial charge in [-0.3, -0.25) is 9.59 Å². The lowest BCUT2D eigenvalue weighted by molar-refractivity contribution is -0.152. The van der Waals surface area contributed by atoms with E-state index in [0.29, 0.717) is 10.6 Å². The van der Waals surface area contributed by atoms with Crippen molar-refractivity contribution in [3.05, 3.63) is 34.3 Å². The van der Waals surface area contributed by atoms with E-state index in [1.54, 1.807) is 6.07 Å². The van der Waals surface area contributed by atoms with Gasteiger partial charge in [0.15, 0.2) is 0 Å². The van der Waals surface area contributed by atoms with Crippen molar-refractivity contribution in [2.75, 3.05) is 0 Å². The molecule has 15 heavy (non-hydrogen) atoms. The summed E-state index contributed by atoms with van der Waals surface area (Å²) in [5.41, 5.74) is 1.68. The van der Waals surface area contributed by atoms with Crippen LogP contribution < -0.4 is 0 Å². The van der Waals surface area contributed by atoms with Crippen LogP contribution in [0.1, 0.15) is 23.5 Å². The Morgan fingerprint density at radius 1 is 1.40 bits per heavy atom. The van der Waals surface area contributed by atoms with Gasteiger partial charge in [-0.1, -0.05) is 29.3 Å². The highest BCUT2D eigenvalue weighted by atomic mass is 35.5. The molecular weight excluding hydrogens is 216 g/mol. The maximum atomic E-state index is 11.3. The molecule has 1 unspecified atom stereocenters. The Labute approximate surface area is 92.0 Å². The normalized spacial score (nSPS) is 20.5. The molecule has 1 aromatic carbocycles. The number of aryl methyl sites for hydroxylation is 1. The molecule has 2 rings (SSSR count). The van der Waals surface area contributed by atoms with Crippen LogP contribution in [0.25, 0.3) is 0 Å². The van der Waals surface area contributed by atoms with E-state index >= 15 is 0 Å². The molecule has 1 fully saturated rings. The van der Waals surface area contributed by atoms with Gasteiger partial charge in [-0.2, -0.15) is 0 Å². The van der Waals surface area contributed by atoms with Gasteiger partial charge >= 0.3 is 11.9 Å². The summed E-state index contributed by atoms with van der Waals surface area (Å²) in [6.07, 6.45) is 0.0853. The third-order valence-electron chi connectivity index (χ3n) is 2.40. The lowest BCUT2D eigenvalue weighted by Crippen LogP contribution is -2.06. The van der Waals surface area contributed by atoms with E-state index < -0.39 is 17.9 Å². The van der Waals surface area contributed by atoms with Crippen molar-refractivity contribution in [1.29, 1.82) is 0 Å². The van der Waals surface area contributed by atoms with Crippen LogP contribution in [-0.4, -0.2) is 11.9 Å².